The van der Waals surface area contributed by atoms with Gasteiger partial charge >= 0.3 is 35.6 Å². The Morgan fingerprint density at radius 3 is 2.47 bits per heavy atom. The standard InChI is InChI=1S/C9H14N2O6S.Na/c1-5-6(2)8(4-12)10-3-7(5)11(9(10)13)17-18(14,15)16;/h7-8,12H,3-4H2,1-2H3,(H,14,15,16);/q;+1/p-1/t7-,8-;/m1./s1. The zero-order valence-electron chi connectivity index (χ0n) is 10.9. The molecule has 2 amide bonds. The van der Waals surface area contributed by atoms with Crippen molar-refractivity contribution >= 4 is 16.4 Å². The van der Waals surface area contributed by atoms with Gasteiger partial charge in [-0.25, -0.2) is 13.2 Å². The maximum Gasteiger partial charge on any atom is 1.00 e. The Bertz CT molecular complexity index is 519. The molecule has 0 aromatic heterocycles. The summed E-state index contributed by atoms with van der Waals surface area (Å²) < 4.78 is 36.0. The van der Waals surface area contributed by atoms with Gasteiger partial charge in [-0.05, 0) is 25.0 Å². The first kappa shape index (κ1) is 16.9. The molecule has 0 radical (unpaired) electrons. The molecule has 2 aliphatic heterocycles. The van der Waals surface area contributed by atoms with Crippen molar-refractivity contribution in [2.45, 2.75) is 25.9 Å². The van der Waals surface area contributed by atoms with Gasteiger partial charge in [-0.15, -0.1) is 0 Å². The van der Waals surface area contributed by atoms with Crippen LogP contribution in [-0.2, 0) is 14.7 Å². The number of fused-ring (bicyclic) bond motifs is 2. The number of aliphatic hydroxyl groups is 1. The average Bonchev–Trinajstić information content (AvgIpc) is 2.52. The molecule has 1 fully saturated rings. The van der Waals surface area contributed by atoms with E-state index < -0.39 is 28.5 Å². The van der Waals surface area contributed by atoms with Gasteiger partial charge in [0, 0.05) is 0 Å². The molecule has 1 N–H and O–H groups in total. The predicted octanol–water partition coefficient (Wildman–Crippen LogP) is -3.80. The summed E-state index contributed by atoms with van der Waals surface area (Å²) in [7, 11) is -5.00. The summed E-state index contributed by atoms with van der Waals surface area (Å²) in [4.78, 5) is 13.2. The minimum atomic E-state index is -5.00. The van der Waals surface area contributed by atoms with Crippen LogP contribution in [0.3, 0.4) is 0 Å². The number of amides is 2. The van der Waals surface area contributed by atoms with Crippen molar-refractivity contribution in [2.24, 2.45) is 0 Å². The maximum absolute atomic E-state index is 11.9. The maximum atomic E-state index is 11.9. The average molecular weight is 300 g/mol. The quantitative estimate of drug-likeness (QED) is 0.248. The van der Waals surface area contributed by atoms with Gasteiger partial charge in [-0.1, -0.05) is 0 Å². The van der Waals surface area contributed by atoms with Gasteiger partial charge in [0.05, 0.1) is 19.2 Å². The van der Waals surface area contributed by atoms with Gasteiger partial charge in [0.15, 0.2) is 0 Å². The summed E-state index contributed by atoms with van der Waals surface area (Å²) in [5.74, 6) is 0. The van der Waals surface area contributed by atoms with Gasteiger partial charge in [0.2, 0.25) is 10.4 Å². The van der Waals surface area contributed by atoms with E-state index in [1.807, 2.05) is 0 Å². The molecule has 8 nitrogen and oxygen atoms in total. The first-order valence-electron chi connectivity index (χ1n) is 5.29. The Kier molecular flexibility index (Phi) is 5.05. The molecular weight excluding hydrogens is 287 g/mol. The molecule has 1 saturated heterocycles. The van der Waals surface area contributed by atoms with E-state index in [2.05, 4.69) is 4.28 Å². The summed E-state index contributed by atoms with van der Waals surface area (Å²) in [6.45, 7) is 3.40. The topological polar surface area (TPSA) is 110 Å². The number of hydroxylamine groups is 2. The third-order valence-electron chi connectivity index (χ3n) is 3.43. The van der Waals surface area contributed by atoms with Crippen molar-refractivity contribution in [3.63, 3.8) is 0 Å². The molecule has 19 heavy (non-hydrogen) atoms. The molecule has 10 heteroatoms. The van der Waals surface area contributed by atoms with E-state index in [9.17, 15) is 22.9 Å². The molecule has 0 aromatic carbocycles. The zero-order valence-corrected chi connectivity index (χ0v) is 13.7. The Balaban J connectivity index is 0.00000180. The van der Waals surface area contributed by atoms with E-state index in [0.717, 1.165) is 11.1 Å². The second-order valence-electron chi connectivity index (χ2n) is 4.32. The molecule has 2 atom stereocenters. The Hall–Kier alpha value is -0.160. The number of aliphatic hydroxyl groups excluding tert-OH is 1. The number of hydrogen-bond donors (Lipinski definition) is 1. The van der Waals surface area contributed by atoms with Gasteiger partial charge in [0.25, 0.3) is 0 Å². The fourth-order valence-corrected chi connectivity index (χ4v) is 2.71. The van der Waals surface area contributed by atoms with Crippen LogP contribution < -0.4 is 29.6 Å². The molecule has 0 unspecified atom stereocenters. The predicted molar refractivity (Wildman–Crippen MR) is 57.8 cm³/mol. The first-order valence-corrected chi connectivity index (χ1v) is 6.63. The summed E-state index contributed by atoms with van der Waals surface area (Å²) in [5, 5.41) is 9.83. The fourth-order valence-electron chi connectivity index (χ4n) is 2.35. The molecule has 0 aromatic rings. The monoisotopic (exact) mass is 300 g/mol. The van der Waals surface area contributed by atoms with Crippen LogP contribution >= 0.6 is 0 Å². The number of carbonyl (C=O) groups is 1. The minimum absolute atomic E-state index is 0. The van der Waals surface area contributed by atoms with Crippen LogP contribution in [0.4, 0.5) is 4.79 Å². The summed E-state index contributed by atoms with van der Waals surface area (Å²) in [6.07, 6.45) is 0. The summed E-state index contributed by atoms with van der Waals surface area (Å²) in [5.41, 5.74) is 1.50. The van der Waals surface area contributed by atoms with Crippen LogP contribution in [0.15, 0.2) is 11.1 Å². The Morgan fingerprint density at radius 1 is 1.42 bits per heavy atom. The van der Waals surface area contributed by atoms with E-state index in [0.29, 0.717) is 5.06 Å². The normalized spacial score (nSPS) is 26.8. The molecule has 0 aliphatic carbocycles. The minimum Gasteiger partial charge on any atom is -0.724 e. The number of hydrogen-bond acceptors (Lipinski definition) is 6. The summed E-state index contributed by atoms with van der Waals surface area (Å²) >= 11 is 0. The second-order valence-corrected chi connectivity index (χ2v) is 5.29. The summed E-state index contributed by atoms with van der Waals surface area (Å²) in [6, 6.07) is -1.84. The smallest absolute Gasteiger partial charge is 0.724 e. The van der Waals surface area contributed by atoms with E-state index in [1.165, 1.54) is 4.90 Å². The SMILES string of the molecule is CC1=C(C)[C@H]2CN(C(=O)N2OS(=O)(=O)[O-])[C@@H]1CO.[Na+]. The van der Waals surface area contributed by atoms with Crippen molar-refractivity contribution in [1.82, 2.24) is 9.96 Å². The Morgan fingerprint density at radius 2 is 2.00 bits per heavy atom. The van der Waals surface area contributed by atoms with E-state index in [-0.39, 0.29) is 42.7 Å². The van der Waals surface area contributed by atoms with Crippen LogP contribution in [0.1, 0.15) is 13.8 Å². The third-order valence-corrected chi connectivity index (χ3v) is 3.77. The second kappa shape index (κ2) is 5.68. The van der Waals surface area contributed by atoms with Crippen LogP contribution in [-0.4, -0.2) is 59.3 Å². The largest absolute Gasteiger partial charge is 1.00 e. The van der Waals surface area contributed by atoms with E-state index >= 15 is 0 Å². The fraction of sp³-hybridized carbons (Fsp3) is 0.667. The van der Waals surface area contributed by atoms with E-state index in [1.54, 1.807) is 13.8 Å². The number of rotatable bonds is 3. The van der Waals surface area contributed by atoms with Crippen LogP contribution in [0, 0.1) is 0 Å². The number of urea groups is 1. The van der Waals surface area contributed by atoms with Gasteiger partial charge in [-0.2, -0.15) is 9.35 Å². The first-order chi connectivity index (χ1) is 8.26. The zero-order chi connectivity index (χ0) is 13.7. The van der Waals surface area contributed by atoms with Crippen LogP contribution in [0.2, 0.25) is 0 Å². The van der Waals surface area contributed by atoms with Crippen molar-refractivity contribution in [1.29, 1.82) is 0 Å². The Labute approximate surface area is 133 Å². The van der Waals surface area contributed by atoms with Crippen molar-refractivity contribution in [3.05, 3.63) is 11.1 Å². The number of nitrogens with zero attached hydrogens (tertiary/aromatic N) is 2. The van der Waals surface area contributed by atoms with Gasteiger partial charge in [-0.3, -0.25) is 0 Å². The van der Waals surface area contributed by atoms with Crippen molar-refractivity contribution in [3.8, 4) is 0 Å². The molecule has 2 rings (SSSR count). The molecule has 0 spiro atoms. The van der Waals surface area contributed by atoms with Gasteiger partial charge in [0.1, 0.15) is 6.04 Å². The molecule has 0 saturated carbocycles. The molecule has 102 valence electrons. The number of carbonyl (C=O) groups excluding carboxylic acids is 1. The van der Waals surface area contributed by atoms with Crippen molar-refractivity contribution in [2.75, 3.05) is 13.2 Å². The van der Waals surface area contributed by atoms with Gasteiger partial charge < -0.3 is 14.6 Å². The molecular formula is C9H13N2NaO6S. The molecule has 2 aliphatic rings. The van der Waals surface area contributed by atoms with E-state index in [4.69, 9.17) is 0 Å². The third kappa shape index (κ3) is 2.97. The molecule has 2 bridgehead atoms. The molecule has 2 heterocycles. The van der Waals surface area contributed by atoms with Crippen molar-refractivity contribution < 1.29 is 56.7 Å². The van der Waals surface area contributed by atoms with Crippen LogP contribution in [0.25, 0.3) is 0 Å². The van der Waals surface area contributed by atoms with Crippen LogP contribution in [0.5, 0.6) is 0 Å².